The van der Waals surface area contributed by atoms with Gasteiger partial charge in [-0.3, -0.25) is 0 Å². The van der Waals surface area contributed by atoms with Crippen molar-refractivity contribution in [3.8, 4) is 23.3 Å². The summed E-state index contributed by atoms with van der Waals surface area (Å²) in [5.74, 6) is -2.20. The second-order valence-corrected chi connectivity index (χ2v) is 4.00. The van der Waals surface area contributed by atoms with Crippen LogP contribution in [-0.2, 0) is 0 Å². The number of methoxy groups -OCH3 is 1. The lowest BCUT2D eigenvalue weighted by molar-refractivity contribution is 0.0693. The molecule has 2 aromatic rings. The van der Waals surface area contributed by atoms with Gasteiger partial charge in [0.05, 0.1) is 18.7 Å². The van der Waals surface area contributed by atoms with Gasteiger partial charge >= 0.3 is 5.97 Å². The van der Waals surface area contributed by atoms with E-state index in [9.17, 15) is 9.18 Å². The van der Waals surface area contributed by atoms with Crippen LogP contribution in [0.5, 0.6) is 17.2 Å². The molecule has 0 radical (unpaired) electrons. The third-order valence-electron chi connectivity index (χ3n) is 2.70. The van der Waals surface area contributed by atoms with Gasteiger partial charge in [0, 0.05) is 6.07 Å². The lowest BCUT2D eigenvalue weighted by atomic mass is 10.2. The number of hydrogen-bond acceptors (Lipinski definition) is 4. The maximum absolute atomic E-state index is 13.8. The minimum Gasteiger partial charge on any atom is -0.493 e. The largest absolute Gasteiger partial charge is 0.493 e. The van der Waals surface area contributed by atoms with Gasteiger partial charge in [-0.1, -0.05) is 6.07 Å². The number of para-hydroxylation sites is 1. The molecule has 2 rings (SSSR count). The summed E-state index contributed by atoms with van der Waals surface area (Å²) in [5, 5.41) is 17.9. The molecule has 21 heavy (non-hydrogen) atoms. The zero-order valence-corrected chi connectivity index (χ0v) is 11.0. The van der Waals surface area contributed by atoms with Crippen molar-refractivity contribution < 1.29 is 23.8 Å². The molecule has 0 aromatic heterocycles. The third kappa shape index (κ3) is 2.92. The van der Waals surface area contributed by atoms with E-state index in [1.165, 1.54) is 37.4 Å². The SMILES string of the molecule is COc1cc(C#N)ccc1Oc1c(F)cccc1C(=O)O. The number of hydrogen-bond donors (Lipinski definition) is 1. The molecule has 0 aliphatic carbocycles. The van der Waals surface area contributed by atoms with Crippen LogP contribution in [0, 0.1) is 17.1 Å². The Morgan fingerprint density at radius 3 is 2.67 bits per heavy atom. The smallest absolute Gasteiger partial charge is 0.339 e. The molecule has 0 fully saturated rings. The van der Waals surface area contributed by atoms with Gasteiger partial charge < -0.3 is 14.6 Å². The Morgan fingerprint density at radius 1 is 1.29 bits per heavy atom. The molecule has 0 amide bonds. The van der Waals surface area contributed by atoms with Crippen molar-refractivity contribution in [1.82, 2.24) is 0 Å². The minimum atomic E-state index is -1.31. The maximum Gasteiger partial charge on any atom is 0.339 e. The standard InChI is InChI=1S/C15H10FNO4/c1-20-13-7-9(8-17)5-6-12(13)21-14-10(15(18)19)3-2-4-11(14)16/h2-7H,1H3,(H,18,19). The highest BCUT2D eigenvalue weighted by Gasteiger charge is 2.18. The van der Waals surface area contributed by atoms with Crippen LogP contribution in [0.25, 0.3) is 0 Å². The number of carbonyl (C=O) groups is 1. The van der Waals surface area contributed by atoms with E-state index in [0.717, 1.165) is 6.07 Å². The fourth-order valence-corrected chi connectivity index (χ4v) is 1.71. The molecule has 0 bridgehead atoms. The van der Waals surface area contributed by atoms with Crippen molar-refractivity contribution in [3.05, 3.63) is 53.3 Å². The number of halogens is 1. The molecule has 106 valence electrons. The number of carboxylic acids is 1. The molecular formula is C15H10FNO4. The molecule has 0 heterocycles. The number of nitrogens with zero attached hydrogens (tertiary/aromatic N) is 1. The van der Waals surface area contributed by atoms with Crippen molar-refractivity contribution >= 4 is 5.97 Å². The van der Waals surface area contributed by atoms with E-state index in [2.05, 4.69) is 0 Å². The zero-order chi connectivity index (χ0) is 15.4. The lowest BCUT2D eigenvalue weighted by Gasteiger charge is -2.12. The predicted molar refractivity (Wildman–Crippen MR) is 71.1 cm³/mol. The molecule has 0 saturated carbocycles. The molecule has 0 saturated heterocycles. The van der Waals surface area contributed by atoms with E-state index in [0.29, 0.717) is 5.56 Å². The lowest BCUT2D eigenvalue weighted by Crippen LogP contribution is -2.02. The van der Waals surface area contributed by atoms with Gasteiger partial charge in [0.25, 0.3) is 0 Å². The number of rotatable bonds is 4. The van der Waals surface area contributed by atoms with Gasteiger partial charge in [-0.15, -0.1) is 0 Å². The zero-order valence-electron chi connectivity index (χ0n) is 11.0. The minimum absolute atomic E-state index is 0.115. The second kappa shape index (κ2) is 5.92. The molecule has 2 aromatic carbocycles. The van der Waals surface area contributed by atoms with Crippen molar-refractivity contribution in [2.75, 3.05) is 7.11 Å². The quantitative estimate of drug-likeness (QED) is 0.934. The van der Waals surface area contributed by atoms with Gasteiger partial charge in [0.1, 0.15) is 5.56 Å². The number of benzene rings is 2. The summed E-state index contributed by atoms with van der Waals surface area (Å²) in [5.41, 5.74) is 0.0348. The summed E-state index contributed by atoms with van der Waals surface area (Å²) in [6, 6.07) is 9.82. The molecule has 5 nitrogen and oxygen atoms in total. The van der Waals surface area contributed by atoms with Gasteiger partial charge in [0.2, 0.25) is 0 Å². The van der Waals surface area contributed by atoms with E-state index in [1.807, 2.05) is 6.07 Å². The molecule has 1 N–H and O–H groups in total. The fourth-order valence-electron chi connectivity index (χ4n) is 1.71. The fraction of sp³-hybridized carbons (Fsp3) is 0.0667. The molecule has 0 unspecified atom stereocenters. The highest BCUT2D eigenvalue weighted by atomic mass is 19.1. The summed E-state index contributed by atoms with van der Waals surface area (Å²) >= 11 is 0. The Morgan fingerprint density at radius 2 is 2.05 bits per heavy atom. The molecule has 0 aliphatic heterocycles. The van der Waals surface area contributed by atoms with Crippen LogP contribution in [0.15, 0.2) is 36.4 Å². The molecule has 0 atom stereocenters. The van der Waals surface area contributed by atoms with E-state index < -0.39 is 17.5 Å². The summed E-state index contributed by atoms with van der Waals surface area (Å²) in [6.45, 7) is 0. The summed E-state index contributed by atoms with van der Waals surface area (Å²) in [4.78, 5) is 11.1. The Kier molecular flexibility index (Phi) is 4.05. The van der Waals surface area contributed by atoms with E-state index in [4.69, 9.17) is 19.8 Å². The molecule has 0 aliphatic rings. The van der Waals surface area contributed by atoms with Crippen LogP contribution in [0.4, 0.5) is 4.39 Å². The first-order valence-electron chi connectivity index (χ1n) is 5.84. The summed E-state index contributed by atoms with van der Waals surface area (Å²) < 4.78 is 24.2. The number of ether oxygens (including phenoxy) is 2. The van der Waals surface area contributed by atoms with Crippen LogP contribution < -0.4 is 9.47 Å². The van der Waals surface area contributed by atoms with E-state index in [-0.39, 0.29) is 17.1 Å². The Labute approximate surface area is 119 Å². The molecule has 0 spiro atoms. The highest BCUT2D eigenvalue weighted by Crippen LogP contribution is 2.35. The van der Waals surface area contributed by atoms with Gasteiger partial charge in [-0.05, 0) is 24.3 Å². The Hall–Kier alpha value is -3.07. The summed E-state index contributed by atoms with van der Waals surface area (Å²) in [7, 11) is 1.36. The first-order chi connectivity index (χ1) is 10.1. The highest BCUT2D eigenvalue weighted by molar-refractivity contribution is 5.91. The maximum atomic E-state index is 13.8. The topological polar surface area (TPSA) is 79.5 Å². The number of carboxylic acid groups (broad SMARTS) is 1. The average Bonchev–Trinajstić information content (AvgIpc) is 2.49. The first kappa shape index (κ1) is 14.3. The monoisotopic (exact) mass is 287 g/mol. The Bertz CT molecular complexity index is 737. The molecule has 6 heteroatoms. The number of aromatic carboxylic acids is 1. The van der Waals surface area contributed by atoms with Crippen LogP contribution in [0.3, 0.4) is 0 Å². The summed E-state index contributed by atoms with van der Waals surface area (Å²) in [6.07, 6.45) is 0. The van der Waals surface area contributed by atoms with Gasteiger partial charge in [-0.25, -0.2) is 9.18 Å². The van der Waals surface area contributed by atoms with Crippen LogP contribution in [-0.4, -0.2) is 18.2 Å². The van der Waals surface area contributed by atoms with Crippen LogP contribution in [0.2, 0.25) is 0 Å². The van der Waals surface area contributed by atoms with Crippen LogP contribution in [0.1, 0.15) is 15.9 Å². The Balaban J connectivity index is 2.48. The predicted octanol–water partition coefficient (Wildman–Crippen LogP) is 3.20. The van der Waals surface area contributed by atoms with Crippen LogP contribution >= 0.6 is 0 Å². The third-order valence-corrected chi connectivity index (χ3v) is 2.70. The normalized spacial score (nSPS) is 9.76. The van der Waals surface area contributed by atoms with Crippen molar-refractivity contribution in [3.63, 3.8) is 0 Å². The van der Waals surface area contributed by atoms with Gasteiger partial charge in [-0.2, -0.15) is 5.26 Å². The number of nitriles is 1. The van der Waals surface area contributed by atoms with Crippen molar-refractivity contribution in [2.24, 2.45) is 0 Å². The van der Waals surface area contributed by atoms with Crippen molar-refractivity contribution in [1.29, 1.82) is 5.26 Å². The van der Waals surface area contributed by atoms with Crippen molar-refractivity contribution in [2.45, 2.75) is 0 Å². The van der Waals surface area contributed by atoms with Gasteiger partial charge in [0.15, 0.2) is 23.1 Å². The second-order valence-electron chi connectivity index (χ2n) is 4.00. The average molecular weight is 287 g/mol. The van der Waals surface area contributed by atoms with E-state index >= 15 is 0 Å². The first-order valence-corrected chi connectivity index (χ1v) is 5.84. The molecular weight excluding hydrogens is 277 g/mol. The van der Waals surface area contributed by atoms with E-state index in [1.54, 1.807) is 0 Å².